The molecular formula is C15H16FN3O2. The topological polar surface area (TPSA) is 90.4 Å². The molecule has 0 heterocycles. The Morgan fingerprint density at radius 3 is 2.62 bits per heavy atom. The van der Waals surface area contributed by atoms with Gasteiger partial charge < -0.3 is 21.5 Å². The molecule has 1 amide bonds. The van der Waals surface area contributed by atoms with Gasteiger partial charge in [-0.25, -0.2) is 4.39 Å². The maximum atomic E-state index is 13.7. The van der Waals surface area contributed by atoms with Crippen LogP contribution >= 0.6 is 0 Å². The monoisotopic (exact) mass is 289 g/mol. The molecule has 2 rings (SSSR count). The van der Waals surface area contributed by atoms with Crippen LogP contribution in [0, 0.1) is 5.82 Å². The smallest absolute Gasteiger partial charge is 0.257 e. The first kappa shape index (κ1) is 14.6. The molecule has 0 spiro atoms. The second kappa shape index (κ2) is 6.13. The molecule has 5 N–H and O–H groups in total. The van der Waals surface area contributed by atoms with Gasteiger partial charge in [-0.15, -0.1) is 0 Å². The summed E-state index contributed by atoms with van der Waals surface area (Å²) in [7, 11) is 0. The molecule has 0 saturated heterocycles. The molecule has 0 atom stereocenters. The zero-order chi connectivity index (χ0) is 15.4. The number of carbonyl (C=O) groups excluding carboxylic acids is 1. The molecule has 5 nitrogen and oxygen atoms in total. The van der Waals surface area contributed by atoms with Crippen molar-refractivity contribution in [1.29, 1.82) is 0 Å². The standard InChI is InChI=1S/C15H16FN3O2/c1-2-21-14-6-4-10(8-12(14)16)19-15(20)11-5-3-9(17)7-13(11)18/h3-8H,2,17-18H2,1H3,(H,19,20). The van der Waals surface area contributed by atoms with Gasteiger partial charge in [-0.3, -0.25) is 4.79 Å². The summed E-state index contributed by atoms with van der Waals surface area (Å²) in [5, 5.41) is 2.57. The first-order valence-electron chi connectivity index (χ1n) is 6.40. The van der Waals surface area contributed by atoms with Crippen LogP contribution in [0.15, 0.2) is 36.4 Å². The number of anilines is 3. The number of halogens is 1. The van der Waals surface area contributed by atoms with Crippen molar-refractivity contribution in [3.8, 4) is 5.75 Å². The van der Waals surface area contributed by atoms with Gasteiger partial charge >= 0.3 is 0 Å². The molecule has 0 aliphatic carbocycles. The van der Waals surface area contributed by atoms with E-state index in [4.69, 9.17) is 16.2 Å². The van der Waals surface area contributed by atoms with E-state index >= 15 is 0 Å². The zero-order valence-corrected chi connectivity index (χ0v) is 11.5. The lowest BCUT2D eigenvalue weighted by molar-refractivity contribution is 0.102. The minimum atomic E-state index is -0.542. The average molecular weight is 289 g/mol. The molecule has 0 aromatic heterocycles. The highest BCUT2D eigenvalue weighted by Crippen LogP contribution is 2.22. The van der Waals surface area contributed by atoms with Gasteiger partial charge in [0.25, 0.3) is 5.91 Å². The Morgan fingerprint density at radius 1 is 1.24 bits per heavy atom. The van der Waals surface area contributed by atoms with Crippen LogP contribution in [0.4, 0.5) is 21.5 Å². The van der Waals surface area contributed by atoms with Crippen molar-refractivity contribution in [2.45, 2.75) is 6.92 Å². The summed E-state index contributed by atoms with van der Waals surface area (Å²) in [5.74, 6) is -0.835. The lowest BCUT2D eigenvalue weighted by atomic mass is 10.1. The van der Waals surface area contributed by atoms with Gasteiger partial charge in [0.15, 0.2) is 11.6 Å². The van der Waals surface area contributed by atoms with Crippen LogP contribution in [0.3, 0.4) is 0 Å². The first-order valence-corrected chi connectivity index (χ1v) is 6.40. The van der Waals surface area contributed by atoms with Gasteiger partial charge in [0.05, 0.1) is 12.2 Å². The van der Waals surface area contributed by atoms with Gasteiger partial charge in [-0.2, -0.15) is 0 Å². The van der Waals surface area contributed by atoms with Crippen molar-refractivity contribution in [2.24, 2.45) is 0 Å². The number of nitrogens with two attached hydrogens (primary N) is 2. The molecule has 0 aliphatic heterocycles. The second-order valence-electron chi connectivity index (χ2n) is 4.38. The second-order valence-corrected chi connectivity index (χ2v) is 4.38. The molecule has 2 aromatic rings. The third-order valence-corrected chi connectivity index (χ3v) is 2.81. The number of hydrogen-bond acceptors (Lipinski definition) is 4. The van der Waals surface area contributed by atoms with Crippen molar-refractivity contribution in [3.05, 3.63) is 47.8 Å². The van der Waals surface area contributed by atoms with Gasteiger partial charge in [-0.1, -0.05) is 0 Å². The molecule has 21 heavy (non-hydrogen) atoms. The van der Waals surface area contributed by atoms with E-state index in [1.807, 2.05) is 0 Å². The summed E-state index contributed by atoms with van der Waals surface area (Å²) < 4.78 is 18.8. The normalized spacial score (nSPS) is 10.2. The summed E-state index contributed by atoms with van der Waals surface area (Å²) in [6.45, 7) is 2.13. The van der Waals surface area contributed by atoms with Crippen LogP contribution in [0.5, 0.6) is 5.75 Å². The molecule has 0 bridgehead atoms. The Morgan fingerprint density at radius 2 is 2.00 bits per heavy atom. The van der Waals surface area contributed by atoms with Gasteiger partial charge in [0.2, 0.25) is 0 Å². The van der Waals surface area contributed by atoms with Crippen LogP contribution in [-0.4, -0.2) is 12.5 Å². The Labute approximate surface area is 121 Å². The van der Waals surface area contributed by atoms with E-state index in [0.29, 0.717) is 18.0 Å². The average Bonchev–Trinajstić information content (AvgIpc) is 2.41. The van der Waals surface area contributed by atoms with E-state index in [-0.39, 0.29) is 17.0 Å². The Balaban J connectivity index is 2.17. The molecule has 0 radical (unpaired) electrons. The Kier molecular flexibility index (Phi) is 4.27. The van der Waals surface area contributed by atoms with Crippen molar-refractivity contribution in [2.75, 3.05) is 23.4 Å². The van der Waals surface area contributed by atoms with Crippen LogP contribution in [0.25, 0.3) is 0 Å². The fourth-order valence-corrected chi connectivity index (χ4v) is 1.84. The minimum absolute atomic E-state index is 0.141. The lowest BCUT2D eigenvalue weighted by Crippen LogP contribution is -2.14. The van der Waals surface area contributed by atoms with Gasteiger partial charge in [0.1, 0.15) is 0 Å². The van der Waals surface area contributed by atoms with Crippen LogP contribution < -0.4 is 21.5 Å². The molecule has 0 unspecified atom stereocenters. The van der Waals surface area contributed by atoms with Crippen LogP contribution in [-0.2, 0) is 0 Å². The number of benzene rings is 2. The van der Waals surface area contributed by atoms with Crippen LogP contribution in [0.1, 0.15) is 17.3 Å². The number of carbonyl (C=O) groups is 1. The van der Waals surface area contributed by atoms with E-state index in [9.17, 15) is 9.18 Å². The lowest BCUT2D eigenvalue weighted by Gasteiger charge is -2.10. The molecule has 0 fully saturated rings. The van der Waals surface area contributed by atoms with Crippen LogP contribution in [0.2, 0.25) is 0 Å². The highest BCUT2D eigenvalue weighted by molar-refractivity contribution is 6.08. The van der Waals surface area contributed by atoms with E-state index < -0.39 is 11.7 Å². The third kappa shape index (κ3) is 3.42. The van der Waals surface area contributed by atoms with Gasteiger partial charge in [0, 0.05) is 23.1 Å². The Bertz CT molecular complexity index is 674. The number of nitrogens with one attached hydrogen (secondary N) is 1. The van der Waals surface area contributed by atoms with Crippen molar-refractivity contribution in [3.63, 3.8) is 0 Å². The SMILES string of the molecule is CCOc1ccc(NC(=O)c2ccc(N)cc2N)cc1F. The predicted molar refractivity (Wildman–Crippen MR) is 80.8 cm³/mol. The molecular weight excluding hydrogens is 273 g/mol. The summed E-state index contributed by atoms with van der Waals surface area (Å²) in [4.78, 5) is 12.1. The van der Waals surface area contributed by atoms with E-state index in [1.54, 1.807) is 19.1 Å². The number of nitrogen functional groups attached to an aromatic ring is 2. The molecule has 0 saturated carbocycles. The van der Waals surface area contributed by atoms with E-state index in [1.165, 1.54) is 24.3 Å². The largest absolute Gasteiger partial charge is 0.491 e. The highest BCUT2D eigenvalue weighted by atomic mass is 19.1. The molecule has 2 aromatic carbocycles. The third-order valence-electron chi connectivity index (χ3n) is 2.81. The summed E-state index contributed by atoms with van der Waals surface area (Å²) in [6.07, 6.45) is 0. The van der Waals surface area contributed by atoms with Crippen molar-refractivity contribution >= 4 is 23.0 Å². The predicted octanol–water partition coefficient (Wildman–Crippen LogP) is 2.64. The maximum absolute atomic E-state index is 13.7. The minimum Gasteiger partial charge on any atom is -0.491 e. The van der Waals surface area contributed by atoms with Crippen molar-refractivity contribution in [1.82, 2.24) is 0 Å². The zero-order valence-electron chi connectivity index (χ0n) is 11.5. The quantitative estimate of drug-likeness (QED) is 0.755. The molecule has 0 aliphatic rings. The summed E-state index contributed by atoms with van der Waals surface area (Å²) >= 11 is 0. The number of amides is 1. The fraction of sp³-hybridized carbons (Fsp3) is 0.133. The maximum Gasteiger partial charge on any atom is 0.257 e. The molecule has 110 valence electrons. The summed E-state index contributed by atoms with van der Waals surface area (Å²) in [5.41, 5.74) is 12.6. The van der Waals surface area contributed by atoms with E-state index in [2.05, 4.69) is 5.32 Å². The summed E-state index contributed by atoms with van der Waals surface area (Å²) in [6, 6.07) is 8.79. The number of rotatable bonds is 4. The highest BCUT2D eigenvalue weighted by Gasteiger charge is 2.11. The first-order chi connectivity index (χ1) is 10.0. The molecule has 6 heteroatoms. The fourth-order valence-electron chi connectivity index (χ4n) is 1.84. The van der Waals surface area contributed by atoms with Crippen molar-refractivity contribution < 1.29 is 13.9 Å². The number of hydrogen-bond donors (Lipinski definition) is 3. The Hall–Kier alpha value is -2.76. The van der Waals surface area contributed by atoms with E-state index in [0.717, 1.165) is 0 Å². The number of ether oxygens (including phenoxy) is 1. The van der Waals surface area contributed by atoms with Gasteiger partial charge in [-0.05, 0) is 37.3 Å².